The minimum absolute atomic E-state index is 0.0535. The number of ether oxygens (including phenoxy) is 2. The van der Waals surface area contributed by atoms with E-state index in [0.717, 1.165) is 16.3 Å². The maximum absolute atomic E-state index is 11.4. The highest BCUT2D eigenvalue weighted by Gasteiger charge is 2.16. The topological polar surface area (TPSA) is 61.6 Å². The standard InChI is InChI=1S/C27H19NO4/c29-28(30)23-16-17-24(22-13-5-4-12-21(22)23)32-26-15-7-11-20-10-6-14-25(27(20)26)31-18-19-8-2-1-3-9-19/h1-17H,18H2. The van der Waals surface area contributed by atoms with Crippen LogP contribution in [0.15, 0.2) is 103 Å². The van der Waals surface area contributed by atoms with Crippen molar-refractivity contribution in [2.45, 2.75) is 6.61 Å². The van der Waals surface area contributed by atoms with Gasteiger partial charge in [0.05, 0.1) is 15.7 Å². The van der Waals surface area contributed by atoms with Gasteiger partial charge < -0.3 is 9.47 Å². The lowest BCUT2D eigenvalue weighted by molar-refractivity contribution is -0.383. The number of rotatable bonds is 6. The summed E-state index contributed by atoms with van der Waals surface area (Å²) in [7, 11) is 0. The molecule has 0 aromatic heterocycles. The van der Waals surface area contributed by atoms with E-state index in [1.54, 1.807) is 18.2 Å². The Morgan fingerprint density at radius 3 is 2.09 bits per heavy atom. The summed E-state index contributed by atoms with van der Waals surface area (Å²) in [6.07, 6.45) is 0. The van der Waals surface area contributed by atoms with E-state index in [1.165, 1.54) is 6.07 Å². The molecule has 0 aliphatic rings. The molecule has 0 N–H and O–H groups in total. The molecule has 0 radical (unpaired) electrons. The summed E-state index contributed by atoms with van der Waals surface area (Å²) in [5, 5.41) is 14.5. The normalized spacial score (nSPS) is 10.9. The Hall–Kier alpha value is -4.38. The van der Waals surface area contributed by atoms with Crippen molar-refractivity contribution in [2.75, 3.05) is 0 Å². The van der Waals surface area contributed by atoms with E-state index in [2.05, 4.69) is 0 Å². The van der Waals surface area contributed by atoms with Gasteiger partial charge in [-0.25, -0.2) is 0 Å². The van der Waals surface area contributed by atoms with Crippen LogP contribution in [0.5, 0.6) is 17.2 Å². The Kier molecular flexibility index (Phi) is 5.14. The fraction of sp³-hybridized carbons (Fsp3) is 0.0370. The molecule has 0 bridgehead atoms. The van der Waals surface area contributed by atoms with Gasteiger partial charge >= 0.3 is 0 Å². The lowest BCUT2D eigenvalue weighted by Crippen LogP contribution is -1.97. The van der Waals surface area contributed by atoms with Crippen molar-refractivity contribution in [3.63, 3.8) is 0 Å². The summed E-state index contributed by atoms with van der Waals surface area (Å²) < 4.78 is 12.5. The van der Waals surface area contributed by atoms with Crippen molar-refractivity contribution in [3.8, 4) is 17.2 Å². The predicted molar refractivity (Wildman–Crippen MR) is 125 cm³/mol. The van der Waals surface area contributed by atoms with Crippen LogP contribution in [0, 0.1) is 10.1 Å². The molecule has 5 aromatic carbocycles. The zero-order valence-corrected chi connectivity index (χ0v) is 17.1. The van der Waals surface area contributed by atoms with Gasteiger partial charge in [0.2, 0.25) is 0 Å². The Bertz CT molecular complexity index is 1430. The fourth-order valence-electron chi connectivity index (χ4n) is 3.84. The van der Waals surface area contributed by atoms with E-state index in [-0.39, 0.29) is 10.6 Å². The first kappa shape index (κ1) is 19.6. The molecule has 156 valence electrons. The average Bonchev–Trinajstić information content (AvgIpc) is 2.83. The maximum atomic E-state index is 11.4. The van der Waals surface area contributed by atoms with Gasteiger partial charge in [-0.3, -0.25) is 10.1 Å². The molecule has 0 unspecified atom stereocenters. The monoisotopic (exact) mass is 421 g/mol. The van der Waals surface area contributed by atoms with E-state index in [1.807, 2.05) is 78.9 Å². The Labute approximate surface area is 184 Å². The molecule has 0 saturated heterocycles. The van der Waals surface area contributed by atoms with Crippen LogP contribution in [0.2, 0.25) is 0 Å². The molecule has 5 heteroatoms. The molecule has 0 fully saturated rings. The van der Waals surface area contributed by atoms with Gasteiger partial charge in [-0.1, -0.05) is 72.8 Å². The van der Waals surface area contributed by atoms with Crippen LogP contribution in [-0.2, 0) is 6.61 Å². The lowest BCUT2D eigenvalue weighted by atomic mass is 10.1. The van der Waals surface area contributed by atoms with Crippen LogP contribution in [0.25, 0.3) is 21.5 Å². The van der Waals surface area contributed by atoms with Gasteiger partial charge in [-0.05, 0) is 35.2 Å². The molecule has 0 atom stereocenters. The molecular formula is C27H19NO4. The van der Waals surface area contributed by atoms with Gasteiger partial charge in [0.1, 0.15) is 23.9 Å². The number of hydrogen-bond acceptors (Lipinski definition) is 4. The molecule has 0 amide bonds. The van der Waals surface area contributed by atoms with Crippen molar-refractivity contribution < 1.29 is 14.4 Å². The molecule has 0 saturated carbocycles. The summed E-state index contributed by atoms with van der Waals surface area (Å²) in [5.74, 6) is 1.90. The van der Waals surface area contributed by atoms with Gasteiger partial charge in [0, 0.05) is 11.5 Å². The molecule has 5 rings (SSSR count). The second-order valence-corrected chi connectivity index (χ2v) is 7.37. The lowest BCUT2D eigenvalue weighted by Gasteiger charge is -2.15. The molecule has 0 aliphatic heterocycles. The second kappa shape index (κ2) is 8.40. The predicted octanol–water partition coefficient (Wildman–Crippen LogP) is 7.27. The van der Waals surface area contributed by atoms with Crippen LogP contribution < -0.4 is 9.47 Å². The summed E-state index contributed by atoms with van der Waals surface area (Å²) in [6.45, 7) is 0.439. The fourth-order valence-corrected chi connectivity index (χ4v) is 3.84. The number of nitro groups is 1. The SMILES string of the molecule is O=[N+]([O-])c1ccc(Oc2cccc3cccc(OCc4ccccc4)c23)c2ccccc12. The van der Waals surface area contributed by atoms with Crippen molar-refractivity contribution in [1.29, 1.82) is 0 Å². The quantitative estimate of drug-likeness (QED) is 0.214. The highest BCUT2D eigenvalue weighted by Crippen LogP contribution is 2.40. The molecule has 5 aromatic rings. The minimum atomic E-state index is -0.375. The third-order valence-electron chi connectivity index (χ3n) is 5.34. The van der Waals surface area contributed by atoms with Crippen LogP contribution in [0.3, 0.4) is 0 Å². The molecule has 5 nitrogen and oxygen atoms in total. The number of nitro benzene ring substituents is 1. The summed E-state index contributed by atoms with van der Waals surface area (Å²) >= 11 is 0. The first-order chi connectivity index (χ1) is 15.7. The number of hydrogen-bond donors (Lipinski definition) is 0. The van der Waals surface area contributed by atoms with Crippen molar-refractivity contribution in [1.82, 2.24) is 0 Å². The smallest absolute Gasteiger partial charge is 0.277 e. The van der Waals surface area contributed by atoms with Crippen LogP contribution in [0.4, 0.5) is 5.69 Å². The van der Waals surface area contributed by atoms with E-state index in [9.17, 15) is 10.1 Å². The van der Waals surface area contributed by atoms with Crippen molar-refractivity contribution >= 4 is 27.2 Å². The van der Waals surface area contributed by atoms with Gasteiger partial charge in [-0.2, -0.15) is 0 Å². The first-order valence-corrected chi connectivity index (χ1v) is 10.2. The molecular weight excluding hydrogens is 402 g/mol. The average molecular weight is 421 g/mol. The van der Waals surface area contributed by atoms with Gasteiger partial charge in [0.25, 0.3) is 5.69 Å². The molecule has 0 spiro atoms. The zero-order chi connectivity index (χ0) is 21.9. The number of nitrogens with zero attached hydrogens (tertiary/aromatic N) is 1. The number of fused-ring (bicyclic) bond motifs is 2. The highest BCUT2D eigenvalue weighted by atomic mass is 16.6. The zero-order valence-electron chi connectivity index (χ0n) is 17.1. The summed E-state index contributed by atoms with van der Waals surface area (Å²) in [4.78, 5) is 11.1. The van der Waals surface area contributed by atoms with Crippen LogP contribution >= 0.6 is 0 Å². The first-order valence-electron chi connectivity index (χ1n) is 10.2. The molecule has 32 heavy (non-hydrogen) atoms. The minimum Gasteiger partial charge on any atom is -0.488 e. The Morgan fingerprint density at radius 2 is 1.34 bits per heavy atom. The van der Waals surface area contributed by atoms with E-state index >= 15 is 0 Å². The molecule has 0 heterocycles. The largest absolute Gasteiger partial charge is 0.488 e. The third-order valence-corrected chi connectivity index (χ3v) is 5.34. The summed E-state index contributed by atoms with van der Waals surface area (Å²) in [5.41, 5.74) is 1.13. The number of benzene rings is 5. The maximum Gasteiger partial charge on any atom is 0.277 e. The summed E-state index contributed by atoms with van der Waals surface area (Å²) in [6, 6.07) is 32.0. The van der Waals surface area contributed by atoms with Gasteiger partial charge in [0.15, 0.2) is 0 Å². The van der Waals surface area contributed by atoms with Crippen LogP contribution in [0.1, 0.15) is 5.56 Å². The number of non-ortho nitro benzene ring substituents is 1. The van der Waals surface area contributed by atoms with E-state index in [0.29, 0.717) is 34.6 Å². The van der Waals surface area contributed by atoms with Crippen molar-refractivity contribution in [3.05, 3.63) is 119 Å². The third kappa shape index (κ3) is 3.72. The molecule has 0 aliphatic carbocycles. The van der Waals surface area contributed by atoms with Gasteiger partial charge in [-0.15, -0.1) is 0 Å². The second-order valence-electron chi connectivity index (χ2n) is 7.37. The van der Waals surface area contributed by atoms with Crippen molar-refractivity contribution in [2.24, 2.45) is 0 Å². The highest BCUT2D eigenvalue weighted by molar-refractivity contribution is 5.97. The Balaban J connectivity index is 1.57. The van der Waals surface area contributed by atoms with E-state index < -0.39 is 0 Å². The van der Waals surface area contributed by atoms with Crippen LogP contribution in [-0.4, -0.2) is 4.92 Å². The van der Waals surface area contributed by atoms with E-state index in [4.69, 9.17) is 9.47 Å². The Morgan fingerprint density at radius 1 is 0.656 bits per heavy atom.